The zero-order chi connectivity index (χ0) is 17.4. The van der Waals surface area contributed by atoms with E-state index in [0.29, 0.717) is 10.4 Å². The van der Waals surface area contributed by atoms with Crippen molar-refractivity contribution in [3.63, 3.8) is 0 Å². The summed E-state index contributed by atoms with van der Waals surface area (Å²) in [6.07, 6.45) is 0. The molecule has 0 atom stereocenters. The normalized spacial score (nSPS) is 12.0. The quantitative estimate of drug-likeness (QED) is 0.710. The first-order valence-electron chi connectivity index (χ1n) is 7.72. The van der Waals surface area contributed by atoms with Crippen LogP contribution in [0.1, 0.15) is 27.0 Å². The SMILES string of the molecule is COc1ccc(C)c2sc(=NC(=O)c3ccc(C)c(C)c3)n(C)c12. The highest BCUT2D eigenvalue weighted by Gasteiger charge is 2.12. The fraction of sp³-hybridized carbons (Fsp3) is 0.263. The highest BCUT2D eigenvalue weighted by atomic mass is 32.1. The molecule has 0 radical (unpaired) electrons. The molecule has 3 aromatic rings. The highest BCUT2D eigenvalue weighted by Crippen LogP contribution is 2.29. The maximum absolute atomic E-state index is 12.5. The van der Waals surface area contributed by atoms with Gasteiger partial charge in [-0.2, -0.15) is 4.99 Å². The van der Waals surface area contributed by atoms with Gasteiger partial charge in [-0.1, -0.05) is 23.5 Å². The van der Waals surface area contributed by atoms with Crippen LogP contribution in [0, 0.1) is 20.8 Å². The number of nitrogens with zero attached hydrogens (tertiary/aromatic N) is 2. The Labute approximate surface area is 145 Å². The molecule has 0 bridgehead atoms. The summed E-state index contributed by atoms with van der Waals surface area (Å²) >= 11 is 1.51. The molecule has 0 fully saturated rings. The van der Waals surface area contributed by atoms with Gasteiger partial charge < -0.3 is 9.30 Å². The Morgan fingerprint density at radius 2 is 1.79 bits per heavy atom. The molecule has 0 unspecified atom stereocenters. The summed E-state index contributed by atoms with van der Waals surface area (Å²) in [5, 5.41) is 0. The van der Waals surface area contributed by atoms with Crippen LogP contribution in [0.15, 0.2) is 35.3 Å². The summed E-state index contributed by atoms with van der Waals surface area (Å²) in [5.74, 6) is 0.561. The van der Waals surface area contributed by atoms with Gasteiger partial charge in [0.25, 0.3) is 5.91 Å². The van der Waals surface area contributed by atoms with Crippen molar-refractivity contribution in [2.45, 2.75) is 20.8 Å². The highest BCUT2D eigenvalue weighted by molar-refractivity contribution is 7.16. The van der Waals surface area contributed by atoms with Gasteiger partial charge in [0.1, 0.15) is 11.3 Å². The van der Waals surface area contributed by atoms with Crippen molar-refractivity contribution >= 4 is 27.5 Å². The zero-order valence-corrected chi connectivity index (χ0v) is 15.3. The average Bonchev–Trinajstić information content (AvgIpc) is 2.89. The standard InChI is InChI=1S/C19H20N2O2S/c1-11-6-8-14(10-13(11)3)18(22)20-19-21(4)16-15(23-5)9-7-12(2)17(16)24-19/h6-10H,1-5H3. The third-order valence-corrected chi connectivity index (χ3v) is 5.55. The number of benzene rings is 2. The van der Waals surface area contributed by atoms with Gasteiger partial charge in [-0.05, 0) is 55.7 Å². The van der Waals surface area contributed by atoms with E-state index in [0.717, 1.165) is 27.1 Å². The van der Waals surface area contributed by atoms with Gasteiger partial charge in [-0.3, -0.25) is 4.79 Å². The first kappa shape index (κ1) is 16.5. The third-order valence-electron chi connectivity index (χ3n) is 4.28. The summed E-state index contributed by atoms with van der Waals surface area (Å²) in [7, 11) is 3.56. The molecule has 1 heterocycles. The van der Waals surface area contributed by atoms with Crippen LogP contribution in [0.3, 0.4) is 0 Å². The van der Waals surface area contributed by atoms with Gasteiger partial charge in [0.2, 0.25) is 0 Å². The first-order valence-corrected chi connectivity index (χ1v) is 8.53. The van der Waals surface area contributed by atoms with Gasteiger partial charge in [0.05, 0.1) is 11.8 Å². The molecular formula is C19H20N2O2S. The van der Waals surface area contributed by atoms with E-state index < -0.39 is 0 Å². The predicted octanol–water partition coefficient (Wildman–Crippen LogP) is 3.91. The number of ether oxygens (including phenoxy) is 1. The summed E-state index contributed by atoms with van der Waals surface area (Å²) in [6, 6.07) is 9.63. The number of methoxy groups -OCH3 is 1. The molecule has 0 saturated heterocycles. The van der Waals surface area contributed by atoms with Crippen LogP contribution >= 0.6 is 11.3 Å². The molecule has 124 valence electrons. The van der Waals surface area contributed by atoms with E-state index in [9.17, 15) is 4.79 Å². The number of thiazole rings is 1. The van der Waals surface area contributed by atoms with E-state index >= 15 is 0 Å². The van der Waals surface area contributed by atoms with Gasteiger partial charge in [0, 0.05) is 12.6 Å². The minimum absolute atomic E-state index is 0.225. The van der Waals surface area contributed by atoms with Crippen molar-refractivity contribution in [1.29, 1.82) is 0 Å². The third kappa shape index (κ3) is 2.76. The van der Waals surface area contributed by atoms with Crippen LogP contribution in [0.25, 0.3) is 10.2 Å². The van der Waals surface area contributed by atoms with Crippen LogP contribution in [0.5, 0.6) is 5.75 Å². The molecule has 0 aliphatic heterocycles. The van der Waals surface area contributed by atoms with E-state index in [4.69, 9.17) is 4.74 Å². The smallest absolute Gasteiger partial charge is 0.279 e. The predicted molar refractivity (Wildman–Crippen MR) is 97.9 cm³/mol. The molecule has 24 heavy (non-hydrogen) atoms. The average molecular weight is 340 g/mol. The topological polar surface area (TPSA) is 43.6 Å². The molecule has 3 rings (SSSR count). The fourth-order valence-corrected chi connectivity index (χ4v) is 3.75. The Hall–Kier alpha value is -2.40. The van der Waals surface area contributed by atoms with Crippen molar-refractivity contribution in [2.24, 2.45) is 12.0 Å². The number of carbonyl (C=O) groups excluding carboxylic acids is 1. The van der Waals surface area contributed by atoms with Crippen molar-refractivity contribution < 1.29 is 9.53 Å². The van der Waals surface area contributed by atoms with Crippen LogP contribution in [-0.4, -0.2) is 17.6 Å². The van der Waals surface area contributed by atoms with Crippen LogP contribution in [0.2, 0.25) is 0 Å². The van der Waals surface area contributed by atoms with Gasteiger partial charge in [-0.25, -0.2) is 0 Å². The monoisotopic (exact) mass is 340 g/mol. The van der Waals surface area contributed by atoms with Gasteiger partial charge in [0.15, 0.2) is 4.80 Å². The number of hydrogen-bond acceptors (Lipinski definition) is 3. The number of rotatable bonds is 2. The summed E-state index contributed by atoms with van der Waals surface area (Å²) in [6.45, 7) is 6.08. The van der Waals surface area contributed by atoms with Crippen molar-refractivity contribution in [3.8, 4) is 5.75 Å². The van der Waals surface area contributed by atoms with Gasteiger partial charge >= 0.3 is 0 Å². The molecule has 0 saturated carbocycles. The first-order chi connectivity index (χ1) is 11.4. The van der Waals surface area contributed by atoms with Gasteiger partial charge in [-0.15, -0.1) is 0 Å². The maximum Gasteiger partial charge on any atom is 0.279 e. The van der Waals surface area contributed by atoms with Crippen LogP contribution in [-0.2, 0) is 7.05 Å². The van der Waals surface area contributed by atoms with Crippen molar-refractivity contribution in [2.75, 3.05) is 7.11 Å². The molecule has 1 amide bonds. The van der Waals surface area contributed by atoms with E-state index in [2.05, 4.69) is 4.99 Å². The summed E-state index contributed by atoms with van der Waals surface area (Å²) in [4.78, 5) is 17.5. The van der Waals surface area contributed by atoms with E-state index in [1.54, 1.807) is 7.11 Å². The molecule has 5 heteroatoms. The molecule has 0 aliphatic carbocycles. The lowest BCUT2D eigenvalue weighted by molar-refractivity contribution is 0.0998. The molecule has 0 N–H and O–H groups in total. The van der Waals surface area contributed by atoms with Crippen LogP contribution < -0.4 is 9.54 Å². The minimum Gasteiger partial charge on any atom is -0.495 e. The maximum atomic E-state index is 12.5. The molecule has 0 spiro atoms. The second-order valence-electron chi connectivity index (χ2n) is 5.92. The molecule has 4 nitrogen and oxygen atoms in total. The fourth-order valence-electron chi connectivity index (χ4n) is 2.64. The lowest BCUT2D eigenvalue weighted by Crippen LogP contribution is -2.13. The lowest BCUT2D eigenvalue weighted by atomic mass is 10.1. The number of hydrogen-bond donors (Lipinski definition) is 0. The Bertz CT molecular complexity index is 1010. The molecule has 2 aromatic carbocycles. The van der Waals surface area contributed by atoms with E-state index in [1.807, 2.05) is 62.7 Å². The number of aryl methyl sites for hydroxylation is 4. The van der Waals surface area contributed by atoms with E-state index in [-0.39, 0.29) is 5.91 Å². The van der Waals surface area contributed by atoms with E-state index in [1.165, 1.54) is 16.9 Å². The van der Waals surface area contributed by atoms with Crippen molar-refractivity contribution in [3.05, 3.63) is 57.4 Å². The number of fused-ring (bicyclic) bond motifs is 1. The van der Waals surface area contributed by atoms with Crippen LogP contribution in [0.4, 0.5) is 0 Å². The number of aromatic nitrogens is 1. The number of amides is 1. The Morgan fingerprint density at radius 1 is 1.08 bits per heavy atom. The Morgan fingerprint density at radius 3 is 2.46 bits per heavy atom. The Kier molecular flexibility index (Phi) is 4.28. The lowest BCUT2D eigenvalue weighted by Gasteiger charge is -2.05. The number of carbonyl (C=O) groups is 1. The zero-order valence-electron chi connectivity index (χ0n) is 14.5. The second-order valence-corrected chi connectivity index (χ2v) is 6.90. The molecule has 1 aromatic heterocycles. The molecule has 0 aliphatic rings. The van der Waals surface area contributed by atoms with Crippen molar-refractivity contribution in [1.82, 2.24) is 4.57 Å². The summed E-state index contributed by atoms with van der Waals surface area (Å²) < 4.78 is 8.46. The second kappa shape index (κ2) is 6.24. The minimum atomic E-state index is -0.225. The summed E-state index contributed by atoms with van der Waals surface area (Å²) in [5.41, 5.74) is 4.98. The molecular weight excluding hydrogens is 320 g/mol. The Balaban J connectivity index is 2.16. The largest absolute Gasteiger partial charge is 0.495 e.